The SMILES string of the molecule is COC(=O)C1=C(C(=O)OC)C2([C@@H]3CN(C)C4(C(=O)c5ccccc5C4=O)[C@]34COc3ccccc3C4=O)C=CC1O2. The van der Waals surface area contributed by atoms with Crippen molar-refractivity contribution in [2.24, 2.45) is 11.3 Å². The van der Waals surface area contributed by atoms with Gasteiger partial charge in [0.1, 0.15) is 29.5 Å². The van der Waals surface area contributed by atoms with Crippen LogP contribution in [0.15, 0.2) is 71.8 Å². The average Bonchev–Trinajstić information content (AvgIpc) is 3.71. The molecule has 2 unspecified atom stereocenters. The third-order valence-corrected chi connectivity index (χ3v) is 9.43. The molecule has 2 aromatic carbocycles. The monoisotopic (exact) mass is 555 g/mol. The van der Waals surface area contributed by atoms with E-state index in [0.29, 0.717) is 5.75 Å². The second-order valence-electron chi connectivity index (χ2n) is 10.9. The largest absolute Gasteiger partial charge is 0.492 e. The number of rotatable bonds is 3. The van der Waals surface area contributed by atoms with Gasteiger partial charge in [0.15, 0.2) is 22.9 Å². The molecule has 2 aromatic rings. The first-order valence-electron chi connectivity index (χ1n) is 13.2. The van der Waals surface area contributed by atoms with Crippen molar-refractivity contribution in [3.05, 3.63) is 88.5 Å². The smallest absolute Gasteiger partial charge is 0.337 e. The highest BCUT2D eigenvalue weighted by Crippen LogP contribution is 2.64. The molecular weight excluding hydrogens is 530 g/mol. The number of esters is 2. The molecule has 1 saturated heterocycles. The molecule has 4 heterocycles. The fourth-order valence-electron chi connectivity index (χ4n) is 7.83. The number of ketones is 3. The van der Waals surface area contributed by atoms with Crippen molar-refractivity contribution in [2.75, 3.05) is 34.4 Å². The van der Waals surface area contributed by atoms with Crippen LogP contribution in [0.1, 0.15) is 31.1 Å². The lowest BCUT2D eigenvalue weighted by molar-refractivity contribution is -0.140. The van der Waals surface area contributed by atoms with Gasteiger partial charge in [0, 0.05) is 23.6 Å². The van der Waals surface area contributed by atoms with Crippen molar-refractivity contribution < 1.29 is 42.9 Å². The van der Waals surface area contributed by atoms with Gasteiger partial charge in [-0.25, -0.2) is 9.59 Å². The molecule has 41 heavy (non-hydrogen) atoms. The topological polar surface area (TPSA) is 126 Å². The number of nitrogens with zero attached hydrogens (tertiary/aromatic N) is 1. The fourth-order valence-corrected chi connectivity index (χ4v) is 7.83. The van der Waals surface area contributed by atoms with Crippen LogP contribution in [0.2, 0.25) is 0 Å². The molecule has 10 nitrogen and oxygen atoms in total. The first kappa shape index (κ1) is 25.6. The van der Waals surface area contributed by atoms with Crippen LogP contribution in [0.25, 0.3) is 0 Å². The van der Waals surface area contributed by atoms with E-state index in [9.17, 15) is 24.0 Å². The van der Waals surface area contributed by atoms with Crippen LogP contribution in [0.4, 0.5) is 0 Å². The molecule has 2 spiro atoms. The maximum Gasteiger partial charge on any atom is 0.337 e. The summed E-state index contributed by atoms with van der Waals surface area (Å²) in [5, 5.41) is 0. The van der Waals surface area contributed by atoms with Gasteiger partial charge in [-0.2, -0.15) is 0 Å². The summed E-state index contributed by atoms with van der Waals surface area (Å²) in [6, 6.07) is 13.1. The summed E-state index contributed by atoms with van der Waals surface area (Å²) in [6.07, 6.45) is 2.29. The van der Waals surface area contributed by atoms with Gasteiger partial charge in [-0.3, -0.25) is 19.3 Å². The number of hydrogen-bond acceptors (Lipinski definition) is 10. The molecule has 5 aliphatic rings. The number of likely N-dealkylation sites (tertiary alicyclic amines) is 1. The molecule has 2 bridgehead atoms. The lowest BCUT2D eigenvalue weighted by Crippen LogP contribution is -2.69. The Bertz CT molecular complexity index is 1640. The Kier molecular flexibility index (Phi) is 5.18. The summed E-state index contributed by atoms with van der Waals surface area (Å²) in [4.78, 5) is 71.9. The molecule has 10 heteroatoms. The number of ether oxygens (including phenoxy) is 4. The molecule has 0 radical (unpaired) electrons. The zero-order valence-corrected chi connectivity index (χ0v) is 22.5. The van der Waals surface area contributed by atoms with Gasteiger partial charge in [0.05, 0.1) is 30.9 Å². The summed E-state index contributed by atoms with van der Waals surface area (Å²) < 4.78 is 22.7. The Balaban J connectivity index is 1.54. The number of likely N-dealkylation sites (N-methyl/N-ethyl adjacent to an activating group) is 1. The maximum absolute atomic E-state index is 14.9. The van der Waals surface area contributed by atoms with Crippen LogP contribution in [-0.4, -0.2) is 85.9 Å². The molecule has 0 aromatic heterocycles. The molecular formula is C31H25NO9. The first-order chi connectivity index (χ1) is 19.7. The minimum absolute atomic E-state index is 0.0191. The Labute approximate surface area is 234 Å². The van der Waals surface area contributed by atoms with Crippen LogP contribution >= 0.6 is 0 Å². The second-order valence-corrected chi connectivity index (χ2v) is 10.9. The highest BCUT2D eigenvalue weighted by Gasteiger charge is 2.81. The number of carbonyl (C=O) groups excluding carboxylic acids is 5. The van der Waals surface area contributed by atoms with E-state index in [1.807, 2.05) is 0 Å². The summed E-state index contributed by atoms with van der Waals surface area (Å²) in [7, 11) is 3.98. The van der Waals surface area contributed by atoms with Gasteiger partial charge in [0.25, 0.3) is 0 Å². The van der Waals surface area contributed by atoms with Crippen molar-refractivity contribution >= 4 is 29.3 Å². The fraction of sp³-hybridized carbons (Fsp3) is 0.323. The number of methoxy groups -OCH3 is 2. The highest BCUT2D eigenvalue weighted by molar-refractivity contribution is 6.36. The first-order valence-corrected chi connectivity index (χ1v) is 13.2. The van der Waals surface area contributed by atoms with E-state index in [1.54, 1.807) is 72.6 Å². The van der Waals surface area contributed by atoms with Crippen LogP contribution in [0.5, 0.6) is 5.75 Å². The van der Waals surface area contributed by atoms with Crippen LogP contribution in [0.3, 0.4) is 0 Å². The number of hydrogen-bond donors (Lipinski definition) is 0. The average molecular weight is 556 g/mol. The Morgan fingerprint density at radius 2 is 1.49 bits per heavy atom. The Morgan fingerprint density at radius 3 is 2.12 bits per heavy atom. The van der Waals surface area contributed by atoms with Crippen LogP contribution in [0, 0.1) is 11.3 Å². The molecule has 4 aliphatic heterocycles. The zero-order chi connectivity index (χ0) is 28.9. The van der Waals surface area contributed by atoms with E-state index in [2.05, 4.69) is 0 Å². The van der Waals surface area contributed by atoms with Crippen molar-refractivity contribution in [1.82, 2.24) is 4.90 Å². The van der Waals surface area contributed by atoms with E-state index in [-0.39, 0.29) is 41.0 Å². The maximum atomic E-state index is 14.9. The second kappa shape index (κ2) is 8.31. The summed E-state index contributed by atoms with van der Waals surface area (Å²) in [5.41, 5.74) is -5.08. The number of para-hydroxylation sites is 1. The predicted octanol–water partition coefficient (Wildman–Crippen LogP) is 1.98. The minimum atomic E-state index is -1.99. The third-order valence-electron chi connectivity index (χ3n) is 9.43. The van der Waals surface area contributed by atoms with E-state index in [4.69, 9.17) is 18.9 Å². The van der Waals surface area contributed by atoms with E-state index in [0.717, 1.165) is 0 Å². The molecule has 1 fully saturated rings. The van der Waals surface area contributed by atoms with Gasteiger partial charge < -0.3 is 18.9 Å². The molecule has 4 atom stereocenters. The lowest BCUT2D eigenvalue weighted by atomic mass is 9.54. The lowest BCUT2D eigenvalue weighted by Gasteiger charge is -2.49. The molecule has 7 rings (SSSR count). The summed E-state index contributed by atoms with van der Waals surface area (Å²) in [6.45, 7) is -0.357. The van der Waals surface area contributed by atoms with E-state index < -0.39 is 57.9 Å². The minimum Gasteiger partial charge on any atom is -0.492 e. The van der Waals surface area contributed by atoms with Crippen LogP contribution < -0.4 is 4.74 Å². The zero-order valence-electron chi connectivity index (χ0n) is 22.5. The van der Waals surface area contributed by atoms with Gasteiger partial charge in [0.2, 0.25) is 0 Å². The predicted molar refractivity (Wildman–Crippen MR) is 140 cm³/mol. The van der Waals surface area contributed by atoms with E-state index in [1.165, 1.54) is 14.2 Å². The normalized spacial score (nSPS) is 30.7. The third kappa shape index (κ3) is 2.72. The number of carbonyl (C=O) groups is 5. The number of benzene rings is 2. The van der Waals surface area contributed by atoms with Crippen molar-refractivity contribution in [3.63, 3.8) is 0 Å². The van der Waals surface area contributed by atoms with Crippen molar-refractivity contribution in [1.29, 1.82) is 0 Å². The van der Waals surface area contributed by atoms with Crippen molar-refractivity contribution in [2.45, 2.75) is 17.2 Å². The van der Waals surface area contributed by atoms with Gasteiger partial charge in [-0.1, -0.05) is 42.5 Å². The van der Waals surface area contributed by atoms with Gasteiger partial charge >= 0.3 is 11.9 Å². The molecule has 0 N–H and O–H groups in total. The highest BCUT2D eigenvalue weighted by atomic mass is 16.6. The number of Topliss-reactive ketones (excluding diaryl/α,β-unsaturated/α-hetero) is 3. The summed E-state index contributed by atoms with van der Waals surface area (Å²) >= 11 is 0. The number of fused-ring (bicyclic) bond motifs is 5. The van der Waals surface area contributed by atoms with E-state index >= 15 is 0 Å². The Hall–Kier alpha value is -4.41. The Morgan fingerprint density at radius 1 is 0.878 bits per heavy atom. The summed E-state index contributed by atoms with van der Waals surface area (Å²) in [5.74, 6) is -3.85. The van der Waals surface area contributed by atoms with Crippen molar-refractivity contribution in [3.8, 4) is 5.75 Å². The standard InChI is InChI=1S/C31H25NO9/c1-32-14-21(30-13-12-20(41-30)22(27(36)38-2)23(30)28(37)39-3)29(15-40-19-11-7-6-10-18(19)24(29)33)31(32)25(34)16-8-4-5-9-17(16)26(31)35/h4-13,20-21H,14-15H2,1-3H3/t20?,21-,29-,30?/m1/s1. The molecule has 0 amide bonds. The van der Waals surface area contributed by atoms with Gasteiger partial charge in [-0.15, -0.1) is 0 Å². The quantitative estimate of drug-likeness (QED) is 0.315. The van der Waals surface area contributed by atoms with Crippen LogP contribution in [-0.2, 0) is 23.8 Å². The van der Waals surface area contributed by atoms with Gasteiger partial charge in [-0.05, 0) is 25.3 Å². The molecule has 1 aliphatic carbocycles. The molecule has 0 saturated carbocycles. The molecule has 208 valence electrons.